The first kappa shape index (κ1) is 42.4. The van der Waals surface area contributed by atoms with Crippen molar-refractivity contribution in [1.29, 1.82) is 0 Å². The molecule has 0 radical (unpaired) electrons. The van der Waals surface area contributed by atoms with Crippen molar-refractivity contribution in [2.75, 3.05) is 23.8 Å². The number of para-hydroxylation sites is 2. The molecular formula is C58H58N2O4. The van der Waals surface area contributed by atoms with Crippen LogP contribution in [0.2, 0.25) is 0 Å². The largest absolute Gasteiger partial charge is 0.507 e. The highest BCUT2D eigenvalue weighted by Gasteiger charge is 2.22. The van der Waals surface area contributed by atoms with Gasteiger partial charge in [0, 0.05) is 62.0 Å². The molecule has 0 saturated heterocycles. The van der Waals surface area contributed by atoms with E-state index in [1.54, 1.807) is 0 Å². The molecule has 6 heteroatoms. The van der Waals surface area contributed by atoms with Crippen LogP contribution in [0, 0.1) is 0 Å². The second kappa shape index (κ2) is 19.6. The minimum Gasteiger partial charge on any atom is -0.507 e. The van der Waals surface area contributed by atoms with E-state index in [0.717, 1.165) is 91.3 Å². The lowest BCUT2D eigenvalue weighted by atomic mass is 9.89. The lowest BCUT2D eigenvalue weighted by Gasteiger charge is -2.22. The maximum absolute atomic E-state index is 12.2. The third-order valence-electron chi connectivity index (χ3n) is 12.5. The zero-order chi connectivity index (χ0) is 43.8. The van der Waals surface area contributed by atoms with Crippen molar-refractivity contribution in [3.8, 4) is 23.0 Å². The maximum Gasteiger partial charge on any atom is 0.126 e. The third-order valence-corrected chi connectivity index (χ3v) is 12.5. The Hall–Kier alpha value is -6.92. The SMILES string of the molecule is CCCOc1c2cccc1Cc1cc(CNc3ccc(C4C=CC=C4)cc3)cc(c1O)Cc1cccc(c1OCCC)Cc1cc(CNc3ccc(C4C=CC=C4)cc3)cc(c1O)C2. The zero-order valence-corrected chi connectivity index (χ0v) is 36.9. The van der Waals surface area contributed by atoms with Gasteiger partial charge in [0.25, 0.3) is 0 Å². The molecule has 0 atom stereocenters. The van der Waals surface area contributed by atoms with Gasteiger partial charge in [-0.2, -0.15) is 0 Å². The highest BCUT2D eigenvalue weighted by molar-refractivity contribution is 5.58. The number of rotatable bonds is 14. The van der Waals surface area contributed by atoms with Crippen LogP contribution in [0.5, 0.6) is 23.0 Å². The fourth-order valence-corrected chi connectivity index (χ4v) is 9.20. The van der Waals surface area contributed by atoms with Crippen LogP contribution in [-0.2, 0) is 38.8 Å². The first-order valence-corrected chi connectivity index (χ1v) is 22.9. The molecule has 6 aromatic rings. The first-order chi connectivity index (χ1) is 31.4. The number of hydrogen-bond donors (Lipinski definition) is 4. The molecule has 3 aliphatic carbocycles. The van der Waals surface area contributed by atoms with Crippen LogP contribution in [0.4, 0.5) is 11.4 Å². The van der Waals surface area contributed by atoms with Crippen molar-refractivity contribution in [1.82, 2.24) is 0 Å². The predicted octanol–water partition coefficient (Wildman–Crippen LogP) is 13.0. The summed E-state index contributed by atoms with van der Waals surface area (Å²) in [6.45, 7) is 6.52. The molecule has 0 amide bonds. The van der Waals surface area contributed by atoms with E-state index in [0.29, 0.717) is 75.3 Å². The Bertz CT molecular complexity index is 2420. The minimum absolute atomic E-state index is 0.290. The van der Waals surface area contributed by atoms with Gasteiger partial charge in [0.2, 0.25) is 0 Å². The average molecular weight is 847 g/mol. The van der Waals surface area contributed by atoms with Crippen LogP contribution in [0.3, 0.4) is 0 Å². The zero-order valence-electron chi connectivity index (χ0n) is 36.9. The molecule has 64 heavy (non-hydrogen) atoms. The average Bonchev–Trinajstić information content (AvgIpc) is 4.07. The molecule has 8 bridgehead atoms. The fourth-order valence-electron chi connectivity index (χ4n) is 9.20. The number of anilines is 2. The summed E-state index contributed by atoms with van der Waals surface area (Å²) in [5.41, 5.74) is 14.1. The second-order valence-electron chi connectivity index (χ2n) is 17.3. The van der Waals surface area contributed by atoms with Crippen molar-refractivity contribution in [3.63, 3.8) is 0 Å². The molecule has 324 valence electrons. The van der Waals surface area contributed by atoms with Gasteiger partial charge in [0.15, 0.2) is 0 Å². The van der Waals surface area contributed by atoms with Gasteiger partial charge in [-0.15, -0.1) is 0 Å². The number of allylic oxidation sites excluding steroid dienone is 8. The number of hydrogen-bond acceptors (Lipinski definition) is 6. The normalized spacial score (nSPS) is 14.3. The molecule has 0 unspecified atom stereocenters. The Morgan fingerprint density at radius 2 is 0.781 bits per heavy atom. The van der Waals surface area contributed by atoms with Crippen LogP contribution in [0.1, 0.15) is 105 Å². The number of phenolic OH excluding ortho intramolecular Hbond substituents is 2. The van der Waals surface area contributed by atoms with Crippen molar-refractivity contribution in [2.24, 2.45) is 0 Å². The van der Waals surface area contributed by atoms with Crippen LogP contribution in [0.15, 0.2) is 158 Å². The first-order valence-electron chi connectivity index (χ1n) is 22.9. The van der Waals surface area contributed by atoms with Crippen LogP contribution in [-0.4, -0.2) is 23.4 Å². The summed E-state index contributed by atoms with van der Waals surface area (Å²) in [5.74, 6) is 2.84. The van der Waals surface area contributed by atoms with E-state index < -0.39 is 0 Å². The van der Waals surface area contributed by atoms with Crippen LogP contribution < -0.4 is 20.1 Å². The molecule has 0 heterocycles. The Morgan fingerprint density at radius 1 is 0.453 bits per heavy atom. The molecule has 0 aliphatic heterocycles. The van der Waals surface area contributed by atoms with Crippen molar-refractivity contribution in [3.05, 3.63) is 225 Å². The molecule has 6 aromatic carbocycles. The van der Waals surface area contributed by atoms with E-state index in [4.69, 9.17) is 9.47 Å². The van der Waals surface area contributed by atoms with Crippen LogP contribution in [0.25, 0.3) is 0 Å². The van der Waals surface area contributed by atoms with Crippen molar-refractivity contribution in [2.45, 2.75) is 77.3 Å². The summed E-state index contributed by atoms with van der Waals surface area (Å²) in [4.78, 5) is 0. The van der Waals surface area contributed by atoms with Gasteiger partial charge in [-0.25, -0.2) is 0 Å². The van der Waals surface area contributed by atoms with Gasteiger partial charge in [-0.1, -0.05) is 123 Å². The van der Waals surface area contributed by atoms with E-state index in [9.17, 15) is 10.2 Å². The van der Waals surface area contributed by atoms with Crippen molar-refractivity contribution < 1.29 is 19.7 Å². The highest BCUT2D eigenvalue weighted by atomic mass is 16.5. The molecular weight excluding hydrogens is 789 g/mol. The topological polar surface area (TPSA) is 83.0 Å². The van der Waals surface area contributed by atoms with Gasteiger partial charge in [-0.05, 0) is 128 Å². The molecule has 6 nitrogen and oxygen atoms in total. The van der Waals surface area contributed by atoms with Gasteiger partial charge in [-0.3, -0.25) is 0 Å². The van der Waals surface area contributed by atoms with E-state index in [1.807, 2.05) is 0 Å². The number of phenols is 2. The Kier molecular flexibility index (Phi) is 13.0. The number of benzene rings is 6. The standard InChI is InChI=1S/C58H58N2O4/c1-3-27-63-57-45-15-9-16-46(57)34-50-30-40(38-60-54-25-21-44(22-26-54)42-13-7-8-14-42)32-52(56(50)62)36-48-18-10-17-47(58(48)64-28-4-2)35-51-31-39(29-49(33-45)55(51)61)37-59-53-23-19-43(20-24-53)41-11-5-6-12-41/h5-26,29-32,41-42,59-62H,3-4,27-28,33-38H2,1-2H3. The van der Waals surface area contributed by atoms with E-state index in [-0.39, 0.29) is 0 Å². The lowest BCUT2D eigenvalue weighted by Crippen LogP contribution is -2.09. The van der Waals surface area contributed by atoms with Crippen LogP contribution >= 0.6 is 0 Å². The molecule has 0 aromatic heterocycles. The van der Waals surface area contributed by atoms with Gasteiger partial charge in [0.05, 0.1) is 13.2 Å². The smallest absolute Gasteiger partial charge is 0.126 e. The summed E-state index contributed by atoms with van der Waals surface area (Å²) in [6.07, 6.45) is 20.8. The minimum atomic E-state index is 0.290. The van der Waals surface area contributed by atoms with E-state index in [1.165, 1.54) is 11.1 Å². The number of ether oxygens (including phenoxy) is 2. The molecule has 4 N–H and O–H groups in total. The summed E-state index contributed by atoms with van der Waals surface area (Å²) in [7, 11) is 0. The Balaban J connectivity index is 1.09. The third kappa shape index (κ3) is 9.67. The summed E-state index contributed by atoms with van der Waals surface area (Å²) >= 11 is 0. The summed E-state index contributed by atoms with van der Waals surface area (Å²) in [6, 6.07) is 38.4. The number of nitrogens with one attached hydrogen (secondary N) is 2. The van der Waals surface area contributed by atoms with E-state index in [2.05, 4.69) is 182 Å². The summed E-state index contributed by atoms with van der Waals surface area (Å²) < 4.78 is 13.2. The number of fused-ring (bicyclic) bond motifs is 8. The maximum atomic E-state index is 12.2. The molecule has 9 rings (SSSR count). The Labute approximate surface area is 378 Å². The molecule has 0 spiro atoms. The Morgan fingerprint density at radius 3 is 1.09 bits per heavy atom. The molecule has 3 aliphatic rings. The number of aromatic hydroxyl groups is 2. The second-order valence-corrected chi connectivity index (χ2v) is 17.3. The van der Waals surface area contributed by atoms with Gasteiger partial charge < -0.3 is 30.3 Å². The lowest BCUT2D eigenvalue weighted by molar-refractivity contribution is 0.311. The van der Waals surface area contributed by atoms with Gasteiger partial charge >= 0.3 is 0 Å². The fraction of sp³-hybridized carbons (Fsp3) is 0.241. The molecule has 0 saturated carbocycles. The highest BCUT2D eigenvalue weighted by Crippen LogP contribution is 2.40. The van der Waals surface area contributed by atoms with E-state index >= 15 is 0 Å². The van der Waals surface area contributed by atoms with Crippen molar-refractivity contribution >= 4 is 11.4 Å². The predicted molar refractivity (Wildman–Crippen MR) is 261 cm³/mol. The molecule has 0 fully saturated rings. The monoisotopic (exact) mass is 846 g/mol. The summed E-state index contributed by atoms with van der Waals surface area (Å²) in [5, 5.41) is 31.7. The van der Waals surface area contributed by atoms with Gasteiger partial charge in [0.1, 0.15) is 23.0 Å². The quantitative estimate of drug-likeness (QED) is 0.0873.